The predicted molar refractivity (Wildman–Crippen MR) is 67.4 cm³/mol. The summed E-state index contributed by atoms with van der Waals surface area (Å²) in [5.41, 5.74) is 4.79. The lowest BCUT2D eigenvalue weighted by Crippen LogP contribution is -1.98. The van der Waals surface area contributed by atoms with Crippen molar-refractivity contribution in [2.24, 2.45) is 5.10 Å². The highest BCUT2D eigenvalue weighted by Gasteiger charge is 2.07. The van der Waals surface area contributed by atoms with E-state index in [0.717, 1.165) is 17.1 Å². The summed E-state index contributed by atoms with van der Waals surface area (Å²) in [5, 5.41) is 12.5. The van der Waals surface area contributed by atoms with E-state index in [4.69, 9.17) is 0 Å². The van der Waals surface area contributed by atoms with Gasteiger partial charge in [0.2, 0.25) is 0 Å². The number of carbonyl (C=O) groups is 1. The van der Waals surface area contributed by atoms with Crippen LogP contribution in [0.1, 0.15) is 0 Å². The number of nitrogens with one attached hydrogen (secondary N) is 2. The molecule has 0 bridgehead atoms. The number of hydrogen-bond acceptors (Lipinski definition) is 6. The third kappa shape index (κ3) is 1.67. The lowest BCUT2D eigenvalue weighted by Gasteiger charge is -1.95. The second-order valence-electron chi connectivity index (χ2n) is 3.53. The van der Waals surface area contributed by atoms with Gasteiger partial charge in [-0.1, -0.05) is 18.2 Å². The highest BCUT2D eigenvalue weighted by molar-refractivity contribution is 6.13. The molecule has 0 atom stereocenters. The fourth-order valence-corrected chi connectivity index (χ4v) is 1.69. The molecule has 18 heavy (non-hydrogen) atoms. The first-order valence-electron chi connectivity index (χ1n) is 5.22. The highest BCUT2D eigenvalue weighted by atomic mass is 16.1. The van der Waals surface area contributed by atoms with Gasteiger partial charge in [0, 0.05) is 10.9 Å². The summed E-state index contributed by atoms with van der Waals surface area (Å²) < 4.78 is 0. The Kier molecular flexibility index (Phi) is 2.41. The maximum Gasteiger partial charge on any atom is 0.265 e. The number of benzene rings is 1. The minimum atomic E-state index is 0.229. The number of para-hydroxylation sites is 1. The van der Waals surface area contributed by atoms with E-state index in [-0.39, 0.29) is 5.95 Å². The van der Waals surface area contributed by atoms with E-state index in [1.807, 2.05) is 24.3 Å². The maximum atomic E-state index is 10.1. The van der Waals surface area contributed by atoms with Gasteiger partial charge in [-0.2, -0.15) is 10.1 Å². The van der Waals surface area contributed by atoms with Gasteiger partial charge < -0.3 is 4.98 Å². The molecule has 3 rings (SSSR count). The van der Waals surface area contributed by atoms with Gasteiger partial charge in [0.15, 0.2) is 11.9 Å². The molecule has 0 saturated heterocycles. The van der Waals surface area contributed by atoms with E-state index in [1.165, 1.54) is 0 Å². The number of hydrogen-bond donors (Lipinski definition) is 2. The lowest BCUT2D eigenvalue weighted by atomic mass is 10.2. The predicted octanol–water partition coefficient (Wildman–Crippen LogP) is 1.10. The van der Waals surface area contributed by atoms with Crippen molar-refractivity contribution < 1.29 is 4.79 Å². The first-order valence-corrected chi connectivity index (χ1v) is 5.22. The van der Waals surface area contributed by atoms with Crippen LogP contribution < -0.4 is 5.43 Å². The standard InChI is InChI=1S/C11H8N6O/c18-6-5-12-16-11-14-10-9(15-17-11)7-3-1-2-4-8(7)13-10/h1-6H,(H2,13,14,16,17)/b12-5+. The Bertz CT molecular complexity index is 747. The Balaban J connectivity index is 2.09. The van der Waals surface area contributed by atoms with Crippen LogP contribution in [0.25, 0.3) is 22.1 Å². The molecular formula is C11H8N6O. The zero-order valence-corrected chi connectivity index (χ0v) is 9.16. The van der Waals surface area contributed by atoms with Crippen molar-refractivity contribution in [3.8, 4) is 0 Å². The quantitative estimate of drug-likeness (QED) is 0.406. The minimum Gasteiger partial charge on any atom is -0.338 e. The van der Waals surface area contributed by atoms with Crippen LogP contribution in [0.2, 0.25) is 0 Å². The van der Waals surface area contributed by atoms with Crippen molar-refractivity contribution in [1.82, 2.24) is 20.2 Å². The molecule has 7 heteroatoms. The monoisotopic (exact) mass is 240 g/mol. The van der Waals surface area contributed by atoms with E-state index in [2.05, 4.69) is 30.7 Å². The van der Waals surface area contributed by atoms with E-state index in [1.54, 1.807) is 0 Å². The summed E-state index contributed by atoms with van der Waals surface area (Å²) in [6, 6.07) is 7.75. The van der Waals surface area contributed by atoms with Gasteiger partial charge in [0.1, 0.15) is 5.52 Å². The fourth-order valence-electron chi connectivity index (χ4n) is 1.69. The molecule has 0 amide bonds. The van der Waals surface area contributed by atoms with Crippen molar-refractivity contribution in [3.05, 3.63) is 24.3 Å². The first-order chi connectivity index (χ1) is 8.88. The summed E-state index contributed by atoms with van der Waals surface area (Å²) >= 11 is 0. The van der Waals surface area contributed by atoms with E-state index in [0.29, 0.717) is 17.5 Å². The number of fused-ring (bicyclic) bond motifs is 3. The van der Waals surface area contributed by atoms with E-state index in [9.17, 15) is 4.79 Å². The van der Waals surface area contributed by atoms with E-state index >= 15 is 0 Å². The highest BCUT2D eigenvalue weighted by Crippen LogP contribution is 2.21. The zero-order chi connectivity index (χ0) is 12.4. The van der Waals surface area contributed by atoms with Gasteiger partial charge in [-0.05, 0) is 6.07 Å². The molecule has 2 heterocycles. The molecule has 2 aromatic heterocycles. The van der Waals surface area contributed by atoms with Crippen LogP contribution in [0.3, 0.4) is 0 Å². The Morgan fingerprint density at radius 1 is 1.28 bits per heavy atom. The Morgan fingerprint density at radius 3 is 3.06 bits per heavy atom. The molecule has 0 fully saturated rings. The summed E-state index contributed by atoms with van der Waals surface area (Å²) in [6.07, 6.45) is 1.63. The number of nitrogens with zero attached hydrogens (tertiary/aromatic N) is 4. The average molecular weight is 240 g/mol. The van der Waals surface area contributed by atoms with Gasteiger partial charge in [-0.15, -0.1) is 10.2 Å². The largest absolute Gasteiger partial charge is 0.338 e. The third-order valence-corrected chi connectivity index (χ3v) is 2.42. The topological polar surface area (TPSA) is 95.9 Å². The van der Waals surface area contributed by atoms with Crippen LogP contribution in [-0.4, -0.2) is 32.7 Å². The Labute approximate surface area is 101 Å². The van der Waals surface area contributed by atoms with Gasteiger partial charge in [0.05, 0.1) is 6.21 Å². The number of rotatable bonds is 3. The summed E-state index contributed by atoms with van der Waals surface area (Å²) in [4.78, 5) is 17.4. The molecule has 7 nitrogen and oxygen atoms in total. The Morgan fingerprint density at radius 2 is 2.17 bits per heavy atom. The van der Waals surface area contributed by atoms with Crippen molar-refractivity contribution in [2.45, 2.75) is 0 Å². The third-order valence-electron chi connectivity index (χ3n) is 2.42. The normalized spacial score (nSPS) is 11.3. The molecule has 88 valence electrons. The summed E-state index contributed by atoms with van der Waals surface area (Å²) in [7, 11) is 0. The number of aldehydes is 1. The number of anilines is 1. The number of aromatic nitrogens is 4. The maximum absolute atomic E-state index is 10.1. The zero-order valence-electron chi connectivity index (χ0n) is 9.16. The second kappa shape index (κ2) is 4.21. The molecule has 0 saturated carbocycles. The van der Waals surface area contributed by atoms with E-state index < -0.39 is 0 Å². The molecule has 2 N–H and O–H groups in total. The van der Waals surface area contributed by atoms with Crippen molar-refractivity contribution in [2.75, 3.05) is 5.43 Å². The van der Waals surface area contributed by atoms with Gasteiger partial charge >= 0.3 is 0 Å². The van der Waals surface area contributed by atoms with Crippen LogP contribution in [0.15, 0.2) is 29.4 Å². The molecule has 0 spiro atoms. The van der Waals surface area contributed by atoms with Crippen LogP contribution in [0.5, 0.6) is 0 Å². The molecular weight excluding hydrogens is 232 g/mol. The average Bonchev–Trinajstić information content (AvgIpc) is 2.76. The fraction of sp³-hybridized carbons (Fsp3) is 0. The van der Waals surface area contributed by atoms with Gasteiger partial charge in [0.25, 0.3) is 5.95 Å². The summed E-state index contributed by atoms with van der Waals surface area (Å²) in [6.45, 7) is 0. The summed E-state index contributed by atoms with van der Waals surface area (Å²) in [5.74, 6) is 0.229. The first kappa shape index (κ1) is 10.3. The minimum absolute atomic E-state index is 0.229. The molecule has 0 radical (unpaired) electrons. The lowest BCUT2D eigenvalue weighted by molar-refractivity contribution is -0.102. The molecule has 0 aliphatic rings. The number of carbonyl (C=O) groups excluding carboxylic acids is 1. The van der Waals surface area contributed by atoms with Gasteiger partial charge in [-0.25, -0.2) is 5.43 Å². The van der Waals surface area contributed by atoms with Crippen LogP contribution >= 0.6 is 0 Å². The van der Waals surface area contributed by atoms with Crippen molar-refractivity contribution in [3.63, 3.8) is 0 Å². The van der Waals surface area contributed by atoms with Crippen molar-refractivity contribution >= 4 is 40.5 Å². The molecule has 3 aromatic rings. The molecule has 0 aliphatic heterocycles. The molecule has 0 unspecified atom stereocenters. The Hall–Kier alpha value is -2.83. The van der Waals surface area contributed by atoms with Crippen molar-refractivity contribution in [1.29, 1.82) is 0 Å². The SMILES string of the molecule is O=C/C=N/Nc1nnc2c(n1)[nH]c1ccccc12. The number of hydrazone groups is 1. The van der Waals surface area contributed by atoms with Crippen LogP contribution in [-0.2, 0) is 4.79 Å². The van der Waals surface area contributed by atoms with Crippen LogP contribution in [0.4, 0.5) is 5.95 Å². The molecule has 1 aromatic carbocycles. The second-order valence-corrected chi connectivity index (χ2v) is 3.53. The number of aromatic amines is 1. The smallest absolute Gasteiger partial charge is 0.265 e. The van der Waals surface area contributed by atoms with Gasteiger partial charge in [-0.3, -0.25) is 4.79 Å². The number of H-pyrrole nitrogens is 1. The van der Waals surface area contributed by atoms with Crippen LogP contribution in [0, 0.1) is 0 Å². The molecule has 0 aliphatic carbocycles.